The number of nitriles is 1. The zero-order chi connectivity index (χ0) is 52.5. The van der Waals surface area contributed by atoms with E-state index in [0.29, 0.717) is 53.9 Å². The number of aliphatic imine (C=N–C) groups is 1. The molecule has 4 amide bonds. The minimum atomic E-state index is -3.21. The third-order valence-corrected chi connectivity index (χ3v) is 15.0. The Morgan fingerprint density at radius 1 is 0.986 bits per heavy atom. The summed E-state index contributed by atoms with van der Waals surface area (Å²) in [7, 11) is 0. The Kier molecular flexibility index (Phi) is 15.9. The topological polar surface area (TPSA) is 193 Å². The zero-order valence-electron chi connectivity index (χ0n) is 42.7. The number of likely N-dealkylation sites (tertiary alicyclic amines) is 1. The molecule has 72 heavy (non-hydrogen) atoms. The molecule has 4 atom stereocenters. The number of β-amino-alcohol motifs (C(OH)–C–C–N with tert-alkyl or cyclic N) is 1. The van der Waals surface area contributed by atoms with Crippen LogP contribution in [0.3, 0.4) is 0 Å². The van der Waals surface area contributed by atoms with Crippen molar-refractivity contribution in [1.29, 1.82) is 5.26 Å². The molecule has 1 saturated carbocycles. The first kappa shape index (κ1) is 53.8. The van der Waals surface area contributed by atoms with E-state index in [9.17, 15) is 29.5 Å². The van der Waals surface area contributed by atoms with Gasteiger partial charge in [-0.1, -0.05) is 84.3 Å². The van der Waals surface area contributed by atoms with Gasteiger partial charge < -0.3 is 35.6 Å². The van der Waals surface area contributed by atoms with E-state index in [2.05, 4.69) is 25.9 Å². The van der Waals surface area contributed by atoms with E-state index in [1.54, 1.807) is 56.0 Å². The van der Waals surface area contributed by atoms with Gasteiger partial charge in [-0.25, -0.2) is 13.8 Å². The number of hydrogen-bond donors (Lipinski definition) is 4. The first-order valence-electron chi connectivity index (χ1n) is 24.7. The fourth-order valence-corrected chi connectivity index (χ4v) is 11.1. The predicted octanol–water partition coefficient (Wildman–Crippen LogP) is 7.33. The third kappa shape index (κ3) is 11.9. The number of aliphatic hydroxyl groups excluding tert-OH is 1. The molecule has 0 bridgehead atoms. The summed E-state index contributed by atoms with van der Waals surface area (Å²) in [6.45, 7) is 18.0. The predicted molar refractivity (Wildman–Crippen MR) is 273 cm³/mol. The molecule has 2 aromatic carbocycles. The van der Waals surface area contributed by atoms with E-state index in [-0.39, 0.29) is 31.0 Å². The molecule has 0 spiro atoms. The summed E-state index contributed by atoms with van der Waals surface area (Å²) in [4.78, 5) is 68.5. The van der Waals surface area contributed by atoms with Crippen molar-refractivity contribution in [3.05, 3.63) is 93.8 Å². The number of pyridine rings is 1. The van der Waals surface area contributed by atoms with E-state index < -0.39 is 83.5 Å². The number of nitrogens with zero attached hydrogens (tertiary/aromatic N) is 6. The quantitative estimate of drug-likeness (QED) is 0.113. The number of rotatable bonds is 16. The summed E-state index contributed by atoms with van der Waals surface area (Å²) < 4.78 is 37.4. The third-order valence-electron chi connectivity index (χ3n) is 14.7. The van der Waals surface area contributed by atoms with Gasteiger partial charge in [-0.2, -0.15) is 5.26 Å². The lowest BCUT2D eigenvalue weighted by Crippen LogP contribution is -2.74. The number of ether oxygens (including phenoxy) is 1. The van der Waals surface area contributed by atoms with Gasteiger partial charge in [-0.3, -0.25) is 29.1 Å². The number of alkyl halides is 2. The lowest BCUT2D eigenvalue weighted by Gasteiger charge is -2.63. The number of aliphatic hydroxyl groups is 1. The van der Waals surface area contributed by atoms with Gasteiger partial charge in [0, 0.05) is 99.5 Å². The monoisotopic (exact) mass is 1010 g/mol. The molecular formula is C54H68ClF2N9O6. The Morgan fingerprint density at radius 2 is 1.67 bits per heavy atom. The molecule has 4 N–H and O–H groups in total. The van der Waals surface area contributed by atoms with Gasteiger partial charge in [0.05, 0.1) is 34.8 Å². The number of aromatic nitrogens is 1. The van der Waals surface area contributed by atoms with Crippen molar-refractivity contribution in [2.75, 3.05) is 44.2 Å². The molecule has 18 heteroatoms. The van der Waals surface area contributed by atoms with E-state index in [0.717, 1.165) is 28.8 Å². The highest BCUT2D eigenvalue weighted by atomic mass is 35.5. The molecule has 4 aliphatic rings. The maximum Gasteiger partial charge on any atom is 0.261 e. The summed E-state index contributed by atoms with van der Waals surface area (Å²) in [5.74, 6) is -4.06. The molecule has 386 valence electrons. The minimum Gasteiger partial charge on any atom is -0.489 e. The molecule has 3 fully saturated rings. The number of carbonyl (C=O) groups is 4. The number of allylic oxidation sites excluding steroid dienone is 2. The average molecular weight is 1010 g/mol. The van der Waals surface area contributed by atoms with Crippen molar-refractivity contribution >= 4 is 52.8 Å². The number of carbonyl (C=O) groups excluding carboxylic acids is 4. The van der Waals surface area contributed by atoms with Crippen molar-refractivity contribution in [1.82, 2.24) is 30.7 Å². The summed E-state index contributed by atoms with van der Waals surface area (Å²) >= 11 is 6.24. The van der Waals surface area contributed by atoms with Crippen LogP contribution >= 0.6 is 11.6 Å². The van der Waals surface area contributed by atoms with Crippen molar-refractivity contribution in [3.63, 3.8) is 0 Å². The number of halogens is 3. The molecule has 7 rings (SSSR count). The van der Waals surface area contributed by atoms with Crippen LogP contribution in [0.15, 0.2) is 71.5 Å². The van der Waals surface area contributed by atoms with Crippen molar-refractivity contribution in [2.24, 2.45) is 21.2 Å². The SMILES string of the molecule is CC1=C(c2ccc([C@H](C)NC(=O)C3C[C@@H](O)CN3C(=O)C(NC(=O)CCC(F)(F)CN3CCN(c4ccc(C(=O)NC5C(C)(C)C(Oc6ccc(C#N)c(Cl)c6)C5(C)C)cn4)CC3)C(C)(C)C)cc2)CC=N1. The number of nitrogens with one attached hydrogen (secondary N) is 3. The van der Waals surface area contributed by atoms with Crippen LogP contribution in [0.25, 0.3) is 5.57 Å². The highest BCUT2D eigenvalue weighted by Crippen LogP contribution is 2.55. The Balaban J connectivity index is 0.861. The number of anilines is 1. The van der Waals surface area contributed by atoms with Crippen LogP contribution in [0, 0.1) is 27.6 Å². The summed E-state index contributed by atoms with van der Waals surface area (Å²) in [5.41, 5.74) is 3.01. The Morgan fingerprint density at radius 3 is 2.25 bits per heavy atom. The van der Waals surface area contributed by atoms with Gasteiger partial charge >= 0.3 is 0 Å². The molecule has 0 radical (unpaired) electrons. The van der Waals surface area contributed by atoms with Crippen LogP contribution in [-0.4, -0.2) is 125 Å². The molecule has 2 saturated heterocycles. The first-order chi connectivity index (χ1) is 33.8. The minimum absolute atomic E-state index is 0.0146. The summed E-state index contributed by atoms with van der Waals surface area (Å²) in [6.07, 6.45) is 1.68. The van der Waals surface area contributed by atoms with Crippen LogP contribution < -0.4 is 25.6 Å². The van der Waals surface area contributed by atoms with Crippen LogP contribution in [0.4, 0.5) is 14.6 Å². The number of benzene rings is 2. The lowest BCUT2D eigenvalue weighted by molar-refractivity contribution is -0.164. The lowest BCUT2D eigenvalue weighted by atomic mass is 9.49. The van der Waals surface area contributed by atoms with Crippen molar-refractivity contribution in [3.8, 4) is 11.8 Å². The number of hydrogen-bond acceptors (Lipinski definition) is 11. The number of piperazine rings is 1. The highest BCUT2D eigenvalue weighted by molar-refractivity contribution is 6.31. The van der Waals surface area contributed by atoms with E-state index in [4.69, 9.17) is 16.3 Å². The second-order valence-corrected chi connectivity index (χ2v) is 22.4. The average Bonchev–Trinajstić information content (AvgIpc) is 3.95. The van der Waals surface area contributed by atoms with Gasteiger partial charge in [0.2, 0.25) is 17.7 Å². The van der Waals surface area contributed by atoms with Crippen molar-refractivity contribution < 1.29 is 37.8 Å². The molecule has 3 aromatic rings. The first-order valence-corrected chi connectivity index (χ1v) is 25.1. The van der Waals surface area contributed by atoms with Crippen LogP contribution in [0.1, 0.15) is 121 Å². The number of amides is 4. The zero-order valence-corrected chi connectivity index (χ0v) is 43.4. The Labute approximate surface area is 426 Å². The van der Waals surface area contributed by atoms with E-state index in [1.807, 2.05) is 83.0 Å². The van der Waals surface area contributed by atoms with Gasteiger partial charge in [0.15, 0.2) is 0 Å². The smallest absolute Gasteiger partial charge is 0.261 e. The largest absolute Gasteiger partial charge is 0.489 e. The second kappa shape index (κ2) is 21.2. The van der Waals surface area contributed by atoms with Crippen molar-refractivity contribution in [2.45, 2.75) is 130 Å². The molecular weight excluding hydrogens is 944 g/mol. The van der Waals surface area contributed by atoms with Gasteiger partial charge in [0.25, 0.3) is 11.8 Å². The van der Waals surface area contributed by atoms with E-state index in [1.165, 1.54) is 11.1 Å². The van der Waals surface area contributed by atoms with Gasteiger partial charge in [0.1, 0.15) is 35.8 Å². The maximum atomic E-state index is 15.5. The highest BCUT2D eigenvalue weighted by Gasteiger charge is 2.64. The standard InChI is InChI=1S/C54H68ClF2N9O6/c1-32(34-10-12-35(13-11-34)40-19-21-59-33(40)2)61-47(70)42-26-38(67)30-66(42)48(71)45(51(3,4)5)62-44(68)18-20-54(56,57)31-64-22-24-65(25-23-64)43-17-15-37(29-60-43)46(69)63-49-52(6,7)50(53(49,8)9)72-39-16-14-36(28-58)41(55)27-39/h10-17,21,27,29,32,38,42,45,49-50,67H,18-20,22-26,30-31H2,1-9H3,(H,61,70)(H,62,68)(H,63,69)/t32-,38+,42?,45?,49?,50?/m0/s1. The summed E-state index contributed by atoms with van der Waals surface area (Å²) in [6, 6.07) is 15.5. The molecule has 15 nitrogen and oxygen atoms in total. The van der Waals surface area contributed by atoms with Gasteiger partial charge in [-0.05, 0) is 60.2 Å². The molecule has 1 aliphatic carbocycles. The Bertz CT molecular complexity index is 2600. The van der Waals surface area contributed by atoms with Crippen LogP contribution in [0.5, 0.6) is 5.75 Å². The Hall–Kier alpha value is -5.96. The fourth-order valence-electron chi connectivity index (χ4n) is 10.9. The molecule has 2 unspecified atom stereocenters. The molecule has 3 aliphatic heterocycles. The maximum absolute atomic E-state index is 15.5. The summed E-state index contributed by atoms with van der Waals surface area (Å²) in [5, 5.41) is 29.1. The fraction of sp³-hybridized carbons (Fsp3) is 0.537. The van der Waals surface area contributed by atoms with Gasteiger partial charge in [-0.15, -0.1) is 0 Å². The molecule has 4 heterocycles. The van der Waals surface area contributed by atoms with Crippen LogP contribution in [-0.2, 0) is 14.4 Å². The second-order valence-electron chi connectivity index (χ2n) is 22.0. The van der Waals surface area contributed by atoms with Crippen LogP contribution in [0.2, 0.25) is 5.02 Å². The van der Waals surface area contributed by atoms with E-state index >= 15 is 8.78 Å². The molecule has 1 aromatic heterocycles. The normalized spacial score (nSPS) is 22.7.